The summed E-state index contributed by atoms with van der Waals surface area (Å²) in [5, 5.41) is 1.96. The molecule has 0 aromatic rings. The molecule has 0 fully saturated rings. The van der Waals surface area contributed by atoms with Crippen LogP contribution in [-0.4, -0.2) is 18.8 Å². The molecule has 0 radical (unpaired) electrons. The van der Waals surface area contributed by atoms with E-state index in [0.29, 0.717) is 0 Å². The van der Waals surface area contributed by atoms with Crippen molar-refractivity contribution in [2.75, 3.05) is 0 Å². The average molecular weight is 115 g/mol. The second kappa shape index (κ2) is 3.79. The van der Waals surface area contributed by atoms with Crippen molar-refractivity contribution >= 4 is 18.8 Å². The third-order valence-corrected chi connectivity index (χ3v) is 0.342. The van der Waals surface area contributed by atoms with Crippen LogP contribution in [-0.2, 0) is 4.79 Å². The number of hydrogen-bond acceptors (Lipinski definition) is 2. The van der Waals surface area contributed by atoms with Gasteiger partial charge < -0.3 is 5.73 Å². The Morgan fingerprint density at radius 2 is 2.38 bits per heavy atom. The minimum atomic E-state index is -0.740. The number of primary amides is 1. The zero-order chi connectivity index (χ0) is 6.41. The van der Waals surface area contributed by atoms with Crippen LogP contribution >= 0.6 is 0 Å². The summed E-state index contributed by atoms with van der Waals surface area (Å²) in [6.45, 7) is 0. The number of amides is 3. The highest BCUT2D eigenvalue weighted by Crippen LogP contribution is 1.49. The van der Waals surface area contributed by atoms with Gasteiger partial charge in [0.2, 0.25) is 6.41 Å². The minimum Gasteiger partial charge on any atom is -0.351 e. The fraction of sp³-hybridized carbons (Fsp3) is 0. The smallest absolute Gasteiger partial charge is 0.317 e. The lowest BCUT2D eigenvalue weighted by molar-refractivity contribution is -0.106. The average Bonchev–Trinajstić information content (AvgIpc) is 1.66. The van der Waals surface area contributed by atoms with E-state index in [-0.39, 0.29) is 6.41 Å². The monoisotopic (exact) mass is 115 g/mol. The maximum Gasteiger partial charge on any atom is 0.317 e. The third kappa shape index (κ3) is 4.61. The molecule has 3 amide bonds. The van der Waals surface area contributed by atoms with E-state index in [1.54, 1.807) is 0 Å². The summed E-state index contributed by atoms with van der Waals surface area (Å²) in [5.41, 5.74) is 4.58. The van der Waals surface area contributed by atoms with Crippen molar-refractivity contribution in [2.45, 2.75) is 0 Å². The third-order valence-electron chi connectivity index (χ3n) is 0.342. The lowest BCUT2D eigenvalue weighted by Gasteiger charge is -1.84. The molecule has 8 heavy (non-hydrogen) atoms. The molecular formula is C3H5N3O2. The summed E-state index contributed by atoms with van der Waals surface area (Å²) in [4.78, 5) is 22.2. The van der Waals surface area contributed by atoms with Gasteiger partial charge in [0, 0.05) is 0 Å². The van der Waals surface area contributed by atoms with Crippen LogP contribution < -0.4 is 11.1 Å². The van der Waals surface area contributed by atoms with Crippen LogP contribution in [0.5, 0.6) is 0 Å². The first kappa shape index (κ1) is 6.61. The molecule has 0 rings (SSSR count). The quantitative estimate of drug-likeness (QED) is 0.270. The van der Waals surface area contributed by atoms with Gasteiger partial charge in [0.05, 0.1) is 6.34 Å². The van der Waals surface area contributed by atoms with Gasteiger partial charge in [0.15, 0.2) is 0 Å². The van der Waals surface area contributed by atoms with Crippen LogP contribution in [0.4, 0.5) is 4.79 Å². The van der Waals surface area contributed by atoms with Crippen molar-refractivity contribution in [1.29, 1.82) is 0 Å². The Balaban J connectivity index is 3.29. The highest BCUT2D eigenvalue weighted by Gasteiger charge is 1.79. The van der Waals surface area contributed by atoms with E-state index in [9.17, 15) is 9.59 Å². The number of nitrogens with two attached hydrogens (primary N) is 1. The van der Waals surface area contributed by atoms with E-state index in [0.717, 1.165) is 6.34 Å². The molecule has 0 bridgehead atoms. The lowest BCUT2D eigenvalue weighted by atomic mass is 11.0. The highest BCUT2D eigenvalue weighted by molar-refractivity contribution is 5.86. The number of rotatable bonds is 2. The van der Waals surface area contributed by atoms with E-state index >= 15 is 0 Å². The van der Waals surface area contributed by atoms with Gasteiger partial charge in [-0.25, -0.2) is 9.79 Å². The molecule has 0 aromatic carbocycles. The summed E-state index contributed by atoms with van der Waals surface area (Å²) < 4.78 is 0. The molecule has 0 aliphatic rings. The summed E-state index contributed by atoms with van der Waals surface area (Å²) in [6.07, 6.45) is 1.20. The molecule has 0 aliphatic heterocycles. The molecule has 0 heterocycles. The standard InChI is InChI=1S/C3H5N3O2/c4-3(8)6-1-5-2-7/h1-2H,(H3,4,5,6,7,8). The molecule has 0 saturated carbocycles. The van der Waals surface area contributed by atoms with Crippen molar-refractivity contribution in [3.05, 3.63) is 0 Å². The number of urea groups is 1. The van der Waals surface area contributed by atoms with Crippen LogP contribution in [0.15, 0.2) is 4.99 Å². The van der Waals surface area contributed by atoms with E-state index in [2.05, 4.69) is 10.7 Å². The number of carbonyl (C=O) groups is 2. The van der Waals surface area contributed by atoms with Gasteiger partial charge in [-0.2, -0.15) is 0 Å². The molecule has 5 nitrogen and oxygen atoms in total. The second-order valence-electron chi connectivity index (χ2n) is 0.892. The molecular weight excluding hydrogens is 110 g/mol. The van der Waals surface area contributed by atoms with E-state index in [1.165, 1.54) is 0 Å². The minimum absolute atomic E-state index is 0.288. The SMILES string of the molecule is NC(=O)NC=NC=O. The Hall–Kier alpha value is -1.39. The molecule has 0 aromatic heterocycles. The summed E-state index contributed by atoms with van der Waals surface area (Å²) >= 11 is 0. The molecule has 0 aliphatic carbocycles. The van der Waals surface area contributed by atoms with Gasteiger partial charge in [-0.15, -0.1) is 0 Å². The van der Waals surface area contributed by atoms with Crippen molar-refractivity contribution < 1.29 is 9.59 Å². The summed E-state index contributed by atoms with van der Waals surface area (Å²) in [5.74, 6) is 0. The number of nitrogens with one attached hydrogen (secondary N) is 1. The fourth-order valence-electron chi connectivity index (χ4n) is 0.131. The molecule has 0 saturated heterocycles. The fourth-order valence-corrected chi connectivity index (χ4v) is 0.131. The predicted molar refractivity (Wildman–Crippen MR) is 27.3 cm³/mol. The Morgan fingerprint density at radius 1 is 1.75 bits per heavy atom. The molecule has 0 spiro atoms. The van der Waals surface area contributed by atoms with Gasteiger partial charge in [-0.3, -0.25) is 10.1 Å². The Bertz CT molecular complexity index is 120. The molecule has 0 unspecified atom stereocenters. The zero-order valence-electron chi connectivity index (χ0n) is 4.00. The molecule has 44 valence electrons. The summed E-state index contributed by atoms with van der Waals surface area (Å²) in [6, 6.07) is -0.740. The second-order valence-corrected chi connectivity index (χ2v) is 0.892. The molecule has 0 atom stereocenters. The lowest BCUT2D eigenvalue weighted by Crippen LogP contribution is -2.27. The van der Waals surface area contributed by atoms with Gasteiger partial charge >= 0.3 is 6.03 Å². The van der Waals surface area contributed by atoms with Gasteiger partial charge in [-0.05, 0) is 0 Å². The van der Waals surface area contributed by atoms with Gasteiger partial charge in [0.1, 0.15) is 0 Å². The first-order chi connectivity index (χ1) is 3.77. The number of carbonyl (C=O) groups excluding carboxylic acids is 2. The Morgan fingerprint density at radius 3 is 2.75 bits per heavy atom. The maximum absolute atomic E-state index is 9.78. The topological polar surface area (TPSA) is 84.6 Å². The first-order valence-corrected chi connectivity index (χ1v) is 1.78. The highest BCUT2D eigenvalue weighted by atomic mass is 16.2. The van der Waals surface area contributed by atoms with Crippen molar-refractivity contribution in [3.63, 3.8) is 0 Å². The number of hydrogen-bond donors (Lipinski definition) is 2. The number of aliphatic imine (C=N–C) groups is 1. The van der Waals surface area contributed by atoms with Crippen molar-refractivity contribution in [1.82, 2.24) is 5.32 Å². The van der Waals surface area contributed by atoms with Crippen LogP contribution in [0.25, 0.3) is 0 Å². The van der Waals surface area contributed by atoms with Gasteiger partial charge in [0.25, 0.3) is 0 Å². The van der Waals surface area contributed by atoms with Crippen LogP contribution in [0.1, 0.15) is 0 Å². The molecule has 5 heteroatoms. The normalized spacial score (nSPS) is 9.00. The van der Waals surface area contributed by atoms with Crippen LogP contribution in [0, 0.1) is 0 Å². The Kier molecular flexibility index (Phi) is 3.13. The van der Waals surface area contributed by atoms with E-state index < -0.39 is 6.03 Å². The van der Waals surface area contributed by atoms with E-state index in [4.69, 9.17) is 0 Å². The predicted octanol–water partition coefficient (Wildman–Crippen LogP) is -1.16. The Labute approximate surface area is 45.6 Å². The van der Waals surface area contributed by atoms with Gasteiger partial charge in [-0.1, -0.05) is 0 Å². The zero-order valence-corrected chi connectivity index (χ0v) is 4.00. The summed E-state index contributed by atoms with van der Waals surface area (Å²) in [7, 11) is 0. The van der Waals surface area contributed by atoms with Crippen LogP contribution in [0.3, 0.4) is 0 Å². The van der Waals surface area contributed by atoms with E-state index in [1.807, 2.05) is 5.32 Å². The van der Waals surface area contributed by atoms with Crippen LogP contribution in [0.2, 0.25) is 0 Å². The number of nitrogens with zero attached hydrogens (tertiary/aromatic N) is 1. The molecule has 3 N–H and O–H groups in total. The van der Waals surface area contributed by atoms with Crippen molar-refractivity contribution in [3.8, 4) is 0 Å². The largest absolute Gasteiger partial charge is 0.351 e. The first-order valence-electron chi connectivity index (χ1n) is 1.78. The maximum atomic E-state index is 9.78. The van der Waals surface area contributed by atoms with Crippen molar-refractivity contribution in [2.24, 2.45) is 10.7 Å².